The van der Waals surface area contributed by atoms with E-state index in [1.54, 1.807) is 48.7 Å². The Morgan fingerprint density at radius 3 is 0.932 bits per heavy atom. The molecule has 0 fully saturated rings. The lowest BCUT2D eigenvalue weighted by atomic mass is 9.83. The van der Waals surface area contributed by atoms with Gasteiger partial charge in [-0.15, -0.1) is 0 Å². The molecule has 10 nitrogen and oxygen atoms in total. The third-order valence-corrected chi connectivity index (χ3v) is 24.6. The van der Waals surface area contributed by atoms with Crippen LogP contribution < -0.4 is 10.7 Å². The summed E-state index contributed by atoms with van der Waals surface area (Å²) < 4.78 is 118. The molecule has 11 aromatic rings. The molecule has 20 rings (SSSR count). The van der Waals surface area contributed by atoms with Gasteiger partial charge in [0, 0.05) is 152 Å². The van der Waals surface area contributed by atoms with E-state index in [0.29, 0.717) is 68.4 Å². The second kappa shape index (κ2) is 26.0. The molecule has 20 heteroatoms. The van der Waals surface area contributed by atoms with E-state index < -0.39 is 28.1 Å². The fraction of sp³-hybridized carbons (Fsp3) is 0.134. The van der Waals surface area contributed by atoms with Gasteiger partial charge >= 0.3 is 28.1 Å². The highest BCUT2D eigenvalue weighted by molar-refractivity contribution is 6.60. The van der Waals surface area contributed by atoms with Gasteiger partial charge < -0.3 is 66.4 Å². The van der Waals surface area contributed by atoms with Crippen LogP contribution in [0, 0.1) is 77.1 Å². The van der Waals surface area contributed by atoms with Gasteiger partial charge in [-0.1, -0.05) is 108 Å². The number of rotatable bonds is 7. The SMILES string of the molecule is COB1n2c3ccc2C(c2ccc(C#Cc4ccc(C5=C6C(C)=CC(C)=[N+]6[B-](F)(F)n6c(C)cc(C)c65)cc4)cc2)=c2ccc(n21)=C(c1ccc(C#Cc2ccc(C4=C5C(C)=CC(C)=[N+]5[B-](F)(F)n5c(C)cc(C)c54)cc2)cc1)C1=NC(=C3c2ccc(C#Cc3ccc(C4=C5C(C)=CC(C)=[N+]5[B-](F)(F)n5c(C)cc(C)c54)cc3)cc2)C=C1. The van der Waals surface area contributed by atoms with Crippen molar-refractivity contribution in [1.82, 2.24) is 22.4 Å². The lowest BCUT2D eigenvalue weighted by molar-refractivity contribution is -0.364. The lowest BCUT2D eigenvalue weighted by Crippen LogP contribution is -2.52. The topological polar surface area (TPSA) is 55.3 Å². The van der Waals surface area contributed by atoms with Crippen LogP contribution in [0.2, 0.25) is 0 Å². The van der Waals surface area contributed by atoms with E-state index in [1.165, 1.54) is 26.9 Å². The molecule has 0 spiro atoms. The average Bonchev–Trinajstić information content (AvgIpc) is 1.58. The van der Waals surface area contributed by atoms with Crippen molar-refractivity contribution in [2.45, 2.75) is 83.1 Å². The maximum Gasteiger partial charge on any atom is 0.737 e. The van der Waals surface area contributed by atoms with Crippen LogP contribution in [-0.4, -0.2) is 93.9 Å². The number of allylic oxidation sites excluding steroid dienone is 8. The van der Waals surface area contributed by atoms with Crippen LogP contribution in [0.5, 0.6) is 0 Å². The largest absolute Gasteiger partial charge is 0.737 e. The van der Waals surface area contributed by atoms with Gasteiger partial charge in [-0.3, -0.25) is 0 Å². The minimum Gasteiger partial charge on any atom is -0.400 e. The van der Waals surface area contributed by atoms with Gasteiger partial charge in [-0.05, 0) is 257 Å². The third-order valence-electron chi connectivity index (χ3n) is 24.6. The number of halogens is 6. The van der Waals surface area contributed by atoms with Crippen molar-refractivity contribution in [2.24, 2.45) is 4.99 Å². The van der Waals surface area contributed by atoms with E-state index >= 15 is 25.9 Å². The predicted octanol–water partition coefficient (Wildman–Crippen LogP) is 17.6. The van der Waals surface area contributed by atoms with Gasteiger partial charge in [0.25, 0.3) is 0 Å². The molecule has 568 valence electrons. The molecule has 0 radical (unpaired) electrons. The maximum atomic E-state index is 16.5. The highest BCUT2D eigenvalue weighted by atomic mass is 19.3. The van der Waals surface area contributed by atoms with Crippen molar-refractivity contribution >= 4 is 84.4 Å². The maximum absolute atomic E-state index is 16.5. The van der Waals surface area contributed by atoms with Gasteiger partial charge in [0.1, 0.15) is 17.1 Å². The first-order valence-electron chi connectivity index (χ1n) is 39.4. The zero-order valence-electron chi connectivity index (χ0n) is 66.8. The third kappa shape index (κ3) is 10.7. The van der Waals surface area contributed by atoms with E-state index in [-0.39, 0.29) is 0 Å². The Kier molecular flexibility index (Phi) is 16.1. The van der Waals surface area contributed by atoms with Crippen LogP contribution >= 0.6 is 0 Å². The number of aromatic nitrogens is 5. The Labute approximate surface area is 675 Å². The van der Waals surface area contributed by atoms with Crippen LogP contribution in [0.3, 0.4) is 0 Å². The number of hydrogen-bond acceptors (Lipinski definition) is 2. The van der Waals surface area contributed by atoms with Crippen LogP contribution in [0.15, 0.2) is 263 Å². The summed E-state index contributed by atoms with van der Waals surface area (Å²) in [6, 6.07) is 62.6. The Balaban J connectivity index is 0.659. The fourth-order valence-corrected chi connectivity index (χ4v) is 19.9. The molecule has 6 aromatic carbocycles. The van der Waals surface area contributed by atoms with Crippen molar-refractivity contribution in [3.63, 3.8) is 0 Å². The smallest absolute Gasteiger partial charge is 0.400 e. The second-order valence-electron chi connectivity index (χ2n) is 32.1. The van der Waals surface area contributed by atoms with Crippen LogP contribution in [0.4, 0.5) is 25.9 Å². The van der Waals surface area contributed by atoms with E-state index in [4.69, 9.17) is 9.65 Å². The highest BCUT2D eigenvalue weighted by Gasteiger charge is 2.58. The number of hydrogen-bond donors (Lipinski definition) is 0. The standard InChI is InChI=1S/C97H75B4F6N9O/c1-56-50-62(7)111-92(56)89(93-57(2)51-63(8)112(93)99(111,102)103)77-38-26-71(27-39-77)17-14-68-20-32-74(33-21-68)86-80-44-45-81(108-80)87(75-34-22-69(23-35-75)15-18-72-28-40-78(41-29-72)90-94-58(3)52-64(9)113(94)100(104,105)114-65(10)53-59(4)95(90)114)83-47-49-85-88(84-48-46-82(86)109(84)98(117-13)110(83)85)76-36-24-70(25-37-76)16-19-73-30-42-79(43-31-73)91-96-60(5)54-66(11)115(96)101(106,107)116-67(12)55-61(6)97(91)116/h20-55H,1-13H3. The minimum absolute atomic E-state index is 0.515. The Bertz CT molecular complexity index is 7210. The molecule has 117 heavy (non-hydrogen) atoms. The molecule has 0 saturated heterocycles. The molecule has 5 aromatic heterocycles. The molecule has 0 N–H and O–H groups in total. The van der Waals surface area contributed by atoms with E-state index in [0.717, 1.165) is 167 Å². The van der Waals surface area contributed by atoms with Crippen molar-refractivity contribution in [2.75, 3.05) is 7.11 Å². The Morgan fingerprint density at radius 2 is 0.615 bits per heavy atom. The predicted molar refractivity (Wildman–Crippen MR) is 459 cm³/mol. The molecule has 0 aliphatic carbocycles. The van der Waals surface area contributed by atoms with E-state index in [1.807, 2.05) is 187 Å². The van der Waals surface area contributed by atoms with Gasteiger partial charge in [-0.25, -0.2) is 4.99 Å². The molecule has 14 heterocycles. The molecule has 9 aliphatic rings. The summed E-state index contributed by atoms with van der Waals surface area (Å²) in [5, 5.41) is 1.81. The summed E-state index contributed by atoms with van der Waals surface area (Å²) in [6.45, 7) is 9.56. The molecule has 0 unspecified atom stereocenters. The zero-order chi connectivity index (χ0) is 81.1. The van der Waals surface area contributed by atoms with Gasteiger partial charge in [0.05, 0.1) is 28.1 Å². The minimum atomic E-state index is -4.11. The summed E-state index contributed by atoms with van der Waals surface area (Å²) in [5.41, 5.74) is 29.4. The van der Waals surface area contributed by atoms with Crippen LogP contribution in [-0.2, 0) is 4.65 Å². The van der Waals surface area contributed by atoms with E-state index in [2.05, 4.69) is 117 Å². The summed E-state index contributed by atoms with van der Waals surface area (Å²) in [7, 11) is 1.06. The second-order valence-corrected chi connectivity index (χ2v) is 32.1. The summed E-state index contributed by atoms with van der Waals surface area (Å²) in [4.78, 5) is 5.57. The fourth-order valence-electron chi connectivity index (χ4n) is 19.9. The van der Waals surface area contributed by atoms with Gasteiger partial charge in [0.15, 0.2) is 17.1 Å². The molecule has 9 aliphatic heterocycles. The first kappa shape index (κ1) is 72.5. The number of aryl methyl sites for hydroxylation is 6. The molecule has 0 amide bonds. The number of nitrogens with zero attached hydrogens (tertiary/aromatic N) is 9. The normalized spacial score (nSPS) is 17.3. The molecule has 0 atom stereocenters. The Morgan fingerprint density at radius 1 is 0.333 bits per heavy atom. The van der Waals surface area contributed by atoms with Gasteiger partial charge in [-0.2, -0.15) is 0 Å². The monoisotopic (exact) mass is 1540 g/mol. The highest BCUT2D eigenvalue weighted by Crippen LogP contribution is 2.49. The quantitative estimate of drug-likeness (QED) is 0.0891. The van der Waals surface area contributed by atoms with Crippen molar-refractivity contribution in [3.8, 4) is 35.5 Å². The molecule has 4 bridgehead atoms. The summed E-state index contributed by atoms with van der Waals surface area (Å²) in [5.74, 6) is 20.4. The van der Waals surface area contributed by atoms with E-state index in [9.17, 15) is 0 Å². The Hall–Kier alpha value is -13.5. The summed E-state index contributed by atoms with van der Waals surface area (Å²) >= 11 is 0. The number of fused-ring (bicyclic) bond motifs is 7. The molecular weight excluding hydrogens is 1460 g/mol. The zero-order valence-corrected chi connectivity index (χ0v) is 66.8. The average molecular weight is 1540 g/mol. The summed E-state index contributed by atoms with van der Waals surface area (Å²) in [6.07, 6.45) is 9.70. The number of aliphatic imine (C=N–C) groups is 1. The first-order chi connectivity index (χ1) is 56.2. The molecule has 0 saturated carbocycles. The van der Waals surface area contributed by atoms with Gasteiger partial charge in [0.2, 0.25) is 0 Å². The van der Waals surface area contributed by atoms with Crippen LogP contribution in [0.1, 0.15) is 171 Å². The molecular formula is C97H75B4F6N9O. The first-order valence-corrected chi connectivity index (χ1v) is 39.4. The van der Waals surface area contributed by atoms with Crippen LogP contribution in [0.25, 0.3) is 33.4 Å². The lowest BCUT2D eigenvalue weighted by Gasteiger charge is -2.34. The van der Waals surface area contributed by atoms with Crippen molar-refractivity contribution in [1.29, 1.82) is 0 Å². The number of benzene rings is 6. The van der Waals surface area contributed by atoms with Crippen molar-refractivity contribution in [3.05, 3.63) is 398 Å². The van der Waals surface area contributed by atoms with Crippen molar-refractivity contribution < 1.29 is 44.0 Å².